The van der Waals surface area contributed by atoms with Crippen molar-refractivity contribution in [1.29, 1.82) is 0 Å². The van der Waals surface area contributed by atoms with Gasteiger partial charge in [0.15, 0.2) is 0 Å². The number of esters is 1. The quantitative estimate of drug-likeness (QED) is 0.723. The minimum Gasteiger partial charge on any atom is -0.459 e. The summed E-state index contributed by atoms with van der Waals surface area (Å²) in [4.78, 5) is 11.8. The molecule has 3 nitrogen and oxygen atoms in total. The van der Waals surface area contributed by atoms with Crippen LogP contribution in [0.25, 0.3) is 0 Å². The molecule has 0 saturated heterocycles. The third kappa shape index (κ3) is 3.02. The Bertz CT molecular complexity index is 231. The zero-order valence-electron chi connectivity index (χ0n) is 7.24. The monoisotopic (exact) mass is 187 g/mol. The summed E-state index contributed by atoms with van der Waals surface area (Å²) >= 11 is 1.40. The summed E-state index contributed by atoms with van der Waals surface area (Å²) < 4.78 is 4.97. The van der Waals surface area contributed by atoms with E-state index >= 15 is 0 Å². The van der Waals surface area contributed by atoms with Gasteiger partial charge in [-0.2, -0.15) is 0 Å². The maximum absolute atomic E-state index is 11.1. The summed E-state index contributed by atoms with van der Waals surface area (Å²) in [5.74, 6) is -0.227. The topological polar surface area (TPSA) is 61.3 Å². The second kappa shape index (κ2) is 4.90. The Morgan fingerprint density at radius 2 is 2.25 bits per heavy atom. The largest absolute Gasteiger partial charge is 0.459 e. The van der Waals surface area contributed by atoms with Gasteiger partial charge in [0.1, 0.15) is 4.88 Å². The lowest BCUT2D eigenvalue weighted by atomic mass is 10.4. The molecule has 68 valence electrons. The van der Waals surface area contributed by atoms with E-state index in [9.17, 15) is 4.79 Å². The number of carbonyl (C=O) groups is 1. The fourth-order valence-electron chi connectivity index (χ4n) is 0.667. The van der Waals surface area contributed by atoms with Crippen LogP contribution in [0.15, 0.2) is 17.5 Å². The third-order valence-corrected chi connectivity index (χ3v) is 1.92. The summed E-state index contributed by atoms with van der Waals surface area (Å²) in [7, 11) is 0. The van der Waals surface area contributed by atoms with Crippen LogP contribution in [0.4, 0.5) is 0 Å². The van der Waals surface area contributed by atoms with Crippen molar-refractivity contribution in [3.63, 3.8) is 0 Å². The first-order valence-corrected chi connectivity index (χ1v) is 4.32. The Morgan fingerprint density at radius 1 is 1.58 bits per heavy atom. The van der Waals surface area contributed by atoms with Crippen molar-refractivity contribution in [3.8, 4) is 0 Å². The lowest BCUT2D eigenvalue weighted by molar-refractivity contribution is 0.0384. The van der Waals surface area contributed by atoms with Crippen LogP contribution in [-0.2, 0) is 4.74 Å². The van der Waals surface area contributed by atoms with Gasteiger partial charge in [-0.25, -0.2) is 4.79 Å². The van der Waals surface area contributed by atoms with Crippen LogP contribution in [0.2, 0.25) is 0 Å². The summed E-state index contributed by atoms with van der Waals surface area (Å²) in [6.45, 7) is 3.68. The number of hydrogen-bond donors (Lipinski definition) is 1. The Balaban J connectivity index is 0.00000121. The molecule has 4 heteroatoms. The lowest BCUT2D eigenvalue weighted by Crippen LogP contribution is -2.09. The molecule has 0 bridgehead atoms. The molecular formula is C8H13NO2S. The molecule has 0 aromatic carbocycles. The van der Waals surface area contributed by atoms with Crippen molar-refractivity contribution >= 4 is 17.3 Å². The number of rotatable bonds is 2. The van der Waals surface area contributed by atoms with Crippen LogP contribution in [0.1, 0.15) is 23.5 Å². The molecule has 12 heavy (non-hydrogen) atoms. The molecule has 0 aliphatic rings. The lowest BCUT2D eigenvalue weighted by Gasteiger charge is -2.04. The summed E-state index contributed by atoms with van der Waals surface area (Å²) in [6, 6.07) is 3.59. The molecular weight excluding hydrogens is 174 g/mol. The van der Waals surface area contributed by atoms with E-state index in [4.69, 9.17) is 4.74 Å². The van der Waals surface area contributed by atoms with Gasteiger partial charge in [0.25, 0.3) is 0 Å². The van der Waals surface area contributed by atoms with Crippen LogP contribution in [0.3, 0.4) is 0 Å². The molecule has 0 fully saturated rings. The molecule has 0 unspecified atom stereocenters. The predicted molar refractivity (Wildman–Crippen MR) is 49.9 cm³/mol. The van der Waals surface area contributed by atoms with Gasteiger partial charge in [0.05, 0.1) is 6.10 Å². The van der Waals surface area contributed by atoms with E-state index < -0.39 is 0 Å². The van der Waals surface area contributed by atoms with Gasteiger partial charge in [0.2, 0.25) is 0 Å². The summed E-state index contributed by atoms with van der Waals surface area (Å²) in [6.07, 6.45) is -0.0374. The fraction of sp³-hybridized carbons (Fsp3) is 0.375. The maximum atomic E-state index is 11.1. The van der Waals surface area contributed by atoms with Gasteiger partial charge in [-0.05, 0) is 25.3 Å². The zero-order chi connectivity index (χ0) is 8.27. The molecule has 1 rings (SSSR count). The maximum Gasteiger partial charge on any atom is 0.348 e. The highest BCUT2D eigenvalue weighted by atomic mass is 32.1. The second-order valence-electron chi connectivity index (χ2n) is 2.43. The van der Waals surface area contributed by atoms with E-state index in [2.05, 4.69) is 0 Å². The van der Waals surface area contributed by atoms with Crippen LogP contribution in [-0.4, -0.2) is 12.1 Å². The molecule has 0 radical (unpaired) electrons. The molecule has 0 amide bonds. The van der Waals surface area contributed by atoms with Gasteiger partial charge in [-0.3, -0.25) is 0 Å². The van der Waals surface area contributed by atoms with E-state index in [-0.39, 0.29) is 18.2 Å². The molecule has 3 N–H and O–H groups in total. The first kappa shape index (κ1) is 11.1. The van der Waals surface area contributed by atoms with Crippen LogP contribution < -0.4 is 6.15 Å². The van der Waals surface area contributed by atoms with Gasteiger partial charge in [-0.1, -0.05) is 6.07 Å². The van der Waals surface area contributed by atoms with Gasteiger partial charge >= 0.3 is 5.97 Å². The standard InChI is InChI=1S/C8H10O2S.H3N/c1-6(2)10-8(9)7-4-3-5-11-7;/h3-6H,1-2H3;1H3. The van der Waals surface area contributed by atoms with E-state index in [0.717, 1.165) is 0 Å². The van der Waals surface area contributed by atoms with Gasteiger partial charge in [0, 0.05) is 0 Å². The van der Waals surface area contributed by atoms with Gasteiger partial charge < -0.3 is 10.9 Å². The summed E-state index contributed by atoms with van der Waals surface area (Å²) in [5.41, 5.74) is 0. The van der Waals surface area contributed by atoms with E-state index in [1.807, 2.05) is 25.3 Å². The fourth-order valence-corrected chi connectivity index (χ4v) is 1.27. The molecule has 0 atom stereocenters. The normalized spacial score (nSPS) is 9.25. The second-order valence-corrected chi connectivity index (χ2v) is 3.38. The Kier molecular flexibility index (Phi) is 4.54. The third-order valence-electron chi connectivity index (χ3n) is 1.07. The highest BCUT2D eigenvalue weighted by Gasteiger charge is 2.08. The Hall–Kier alpha value is -0.870. The van der Waals surface area contributed by atoms with Crippen molar-refractivity contribution < 1.29 is 9.53 Å². The van der Waals surface area contributed by atoms with Crippen molar-refractivity contribution in [2.24, 2.45) is 0 Å². The molecule has 0 aliphatic carbocycles. The van der Waals surface area contributed by atoms with Crippen molar-refractivity contribution in [1.82, 2.24) is 6.15 Å². The predicted octanol–water partition coefficient (Wildman–Crippen LogP) is 2.48. The van der Waals surface area contributed by atoms with E-state index in [1.54, 1.807) is 6.07 Å². The molecule has 0 spiro atoms. The number of ether oxygens (including phenoxy) is 1. The Morgan fingerprint density at radius 3 is 2.67 bits per heavy atom. The molecule has 0 saturated carbocycles. The number of hydrogen-bond acceptors (Lipinski definition) is 4. The molecule has 1 heterocycles. The minimum absolute atomic E-state index is 0. The van der Waals surface area contributed by atoms with Crippen molar-refractivity contribution in [2.75, 3.05) is 0 Å². The molecule has 1 aromatic heterocycles. The number of thiophene rings is 1. The van der Waals surface area contributed by atoms with E-state index in [1.165, 1.54) is 11.3 Å². The van der Waals surface area contributed by atoms with Crippen LogP contribution in [0, 0.1) is 0 Å². The molecule has 1 aromatic rings. The van der Waals surface area contributed by atoms with Crippen LogP contribution >= 0.6 is 11.3 Å². The SMILES string of the molecule is CC(C)OC(=O)c1cccs1.N. The Labute approximate surface area is 75.9 Å². The first-order valence-electron chi connectivity index (χ1n) is 3.44. The van der Waals surface area contributed by atoms with Gasteiger partial charge in [-0.15, -0.1) is 11.3 Å². The number of carbonyl (C=O) groups excluding carboxylic acids is 1. The first-order chi connectivity index (χ1) is 5.20. The smallest absolute Gasteiger partial charge is 0.348 e. The highest BCUT2D eigenvalue weighted by molar-refractivity contribution is 7.11. The molecule has 0 aliphatic heterocycles. The summed E-state index contributed by atoms with van der Waals surface area (Å²) in [5, 5.41) is 1.86. The van der Waals surface area contributed by atoms with E-state index in [0.29, 0.717) is 4.88 Å². The average Bonchev–Trinajstić information content (AvgIpc) is 2.35. The average molecular weight is 187 g/mol. The highest BCUT2D eigenvalue weighted by Crippen LogP contribution is 2.10. The zero-order valence-corrected chi connectivity index (χ0v) is 8.06. The minimum atomic E-state index is -0.227. The van der Waals surface area contributed by atoms with Crippen molar-refractivity contribution in [3.05, 3.63) is 22.4 Å². The van der Waals surface area contributed by atoms with Crippen LogP contribution in [0.5, 0.6) is 0 Å². The van der Waals surface area contributed by atoms with Crippen molar-refractivity contribution in [2.45, 2.75) is 20.0 Å².